The Morgan fingerprint density at radius 2 is 1.04 bits per heavy atom. The summed E-state index contributed by atoms with van der Waals surface area (Å²) in [6.45, 7) is 2.20. The molecule has 0 spiro atoms. The van der Waals surface area contributed by atoms with Gasteiger partial charge in [0.25, 0.3) is 0 Å². The summed E-state index contributed by atoms with van der Waals surface area (Å²) >= 11 is 2.85. The van der Waals surface area contributed by atoms with Crippen molar-refractivity contribution in [3.8, 4) is 0 Å². The van der Waals surface area contributed by atoms with Gasteiger partial charge >= 0.3 is 171 Å². The predicted octanol–water partition coefficient (Wildman–Crippen LogP) is 6.22. The Hall–Kier alpha value is -1.44. The van der Waals surface area contributed by atoms with Gasteiger partial charge in [-0.05, 0) is 0 Å². The topological polar surface area (TPSA) is 0 Å². The summed E-state index contributed by atoms with van der Waals surface area (Å²) < 4.78 is -2.57. The molecule has 0 saturated carbocycles. The minimum atomic E-state index is -2.57. The third kappa shape index (κ3) is 3.52. The van der Waals surface area contributed by atoms with Crippen molar-refractivity contribution in [3.63, 3.8) is 0 Å². The minimum absolute atomic E-state index is 1.09. The molecule has 0 N–H and O–H groups in total. The van der Waals surface area contributed by atoms with Gasteiger partial charge in [0.15, 0.2) is 0 Å². The second-order valence-electron chi connectivity index (χ2n) is 6.58. The van der Waals surface area contributed by atoms with E-state index >= 15 is 0 Å². The molecule has 26 heavy (non-hydrogen) atoms. The molecule has 3 aromatic rings. The van der Waals surface area contributed by atoms with Gasteiger partial charge in [-0.15, -0.1) is 0 Å². The average Bonchev–Trinajstić information content (AvgIpc) is 2.73. The van der Waals surface area contributed by atoms with Gasteiger partial charge < -0.3 is 0 Å². The van der Waals surface area contributed by atoms with Crippen molar-refractivity contribution in [2.24, 2.45) is 0 Å². The molecule has 0 aliphatic heterocycles. The maximum atomic E-state index is 2.85. The summed E-state index contributed by atoms with van der Waals surface area (Å²) in [6, 6.07) is 33.4. The number of benzene rings is 3. The van der Waals surface area contributed by atoms with Crippen LogP contribution in [-0.2, 0) is 0 Å². The van der Waals surface area contributed by atoms with Crippen LogP contribution in [0.4, 0.5) is 0 Å². The van der Waals surface area contributed by atoms with Gasteiger partial charge in [0.2, 0.25) is 0 Å². The molecule has 0 fully saturated rings. The molecule has 0 aliphatic rings. The van der Waals surface area contributed by atoms with Gasteiger partial charge in [0.1, 0.15) is 0 Å². The van der Waals surface area contributed by atoms with Crippen molar-refractivity contribution in [2.75, 3.05) is 6.16 Å². The molecule has 0 unspecified atom stereocenters. The molecule has 3 aromatic carbocycles. The Labute approximate surface area is 170 Å². The van der Waals surface area contributed by atoms with Crippen molar-refractivity contribution in [1.82, 2.24) is 0 Å². The molecule has 0 atom stereocenters. The van der Waals surface area contributed by atoms with Crippen LogP contribution in [0.2, 0.25) is 0 Å². The second-order valence-corrected chi connectivity index (χ2v) is 17.3. The van der Waals surface area contributed by atoms with Crippen LogP contribution in [0, 0.1) is 0 Å². The number of allylic oxidation sites excluding steroid dienone is 2. The zero-order chi connectivity index (χ0) is 18.3. The van der Waals surface area contributed by atoms with Crippen LogP contribution in [0.5, 0.6) is 0 Å². The molecular weight excluding hydrogens is 446 g/mol. The quantitative estimate of drug-likeness (QED) is 0.218. The molecular formula is C24H26IP. The molecule has 0 saturated heterocycles. The summed E-state index contributed by atoms with van der Waals surface area (Å²) in [5, 5.41) is 4.38. The van der Waals surface area contributed by atoms with E-state index in [9.17, 15) is 0 Å². The Morgan fingerprint density at radius 1 is 0.654 bits per heavy atom. The van der Waals surface area contributed by atoms with Crippen LogP contribution in [0.1, 0.15) is 19.8 Å². The average molecular weight is 472 g/mol. The van der Waals surface area contributed by atoms with Gasteiger partial charge in [0, 0.05) is 0 Å². The third-order valence-corrected chi connectivity index (χ3v) is 16.7. The predicted molar refractivity (Wildman–Crippen MR) is 128 cm³/mol. The second kappa shape index (κ2) is 8.50. The monoisotopic (exact) mass is 472 g/mol. The Morgan fingerprint density at radius 3 is 1.38 bits per heavy atom. The molecule has 3 rings (SSSR count). The standard InChI is InChI=1S/C24H26IP/c1-2-3-4-14-21-26(25,22-15-8-5-9-16-22,23-17-10-6-11-18-23)24-19-12-7-13-20-24/h3-13,15-20H,2,14,21H2,1H3/b4-3+. The summed E-state index contributed by atoms with van der Waals surface area (Å²) in [6.07, 6.45) is 7.97. The van der Waals surface area contributed by atoms with E-state index in [-0.39, 0.29) is 0 Å². The number of hydrogen-bond donors (Lipinski definition) is 0. The van der Waals surface area contributed by atoms with E-state index in [0.29, 0.717) is 0 Å². The van der Waals surface area contributed by atoms with Gasteiger partial charge in [0.05, 0.1) is 0 Å². The van der Waals surface area contributed by atoms with Crippen LogP contribution in [0.15, 0.2) is 103 Å². The van der Waals surface area contributed by atoms with E-state index in [1.54, 1.807) is 0 Å². The van der Waals surface area contributed by atoms with Crippen molar-refractivity contribution >= 4 is 42.2 Å². The fraction of sp³-hybridized carbons (Fsp3) is 0.167. The van der Waals surface area contributed by atoms with E-state index in [2.05, 4.69) is 132 Å². The molecule has 0 aromatic heterocycles. The summed E-state index contributed by atoms with van der Waals surface area (Å²) in [4.78, 5) is 0. The normalized spacial score (nSPS) is 13.4. The molecule has 2 heteroatoms. The summed E-state index contributed by atoms with van der Waals surface area (Å²) in [5.41, 5.74) is 0. The molecule has 0 nitrogen and oxygen atoms in total. The first-order chi connectivity index (χ1) is 12.7. The van der Waals surface area contributed by atoms with Crippen LogP contribution >= 0.6 is 26.3 Å². The van der Waals surface area contributed by atoms with Crippen molar-refractivity contribution in [2.45, 2.75) is 19.8 Å². The SMILES string of the molecule is CC/C=C/CCP(I)(c1ccccc1)(c1ccccc1)c1ccccc1. The fourth-order valence-electron chi connectivity index (χ4n) is 3.65. The summed E-state index contributed by atoms with van der Waals surface area (Å²) in [5.74, 6) is 0. The molecule has 0 radical (unpaired) electrons. The van der Waals surface area contributed by atoms with Gasteiger partial charge in [-0.25, -0.2) is 0 Å². The van der Waals surface area contributed by atoms with Gasteiger partial charge in [-0.2, -0.15) is 0 Å². The zero-order valence-electron chi connectivity index (χ0n) is 15.3. The first-order valence-electron chi connectivity index (χ1n) is 9.25. The fourth-order valence-corrected chi connectivity index (χ4v) is 12.1. The van der Waals surface area contributed by atoms with Crippen LogP contribution in [-0.4, -0.2) is 6.16 Å². The van der Waals surface area contributed by atoms with Crippen LogP contribution in [0.25, 0.3) is 0 Å². The molecule has 0 bridgehead atoms. The van der Waals surface area contributed by atoms with Crippen molar-refractivity contribution in [3.05, 3.63) is 103 Å². The van der Waals surface area contributed by atoms with E-state index in [0.717, 1.165) is 19.0 Å². The van der Waals surface area contributed by atoms with Gasteiger partial charge in [-0.1, -0.05) is 0 Å². The zero-order valence-corrected chi connectivity index (χ0v) is 18.3. The molecule has 0 heterocycles. The Bertz CT molecular complexity index is 742. The number of rotatable bonds is 7. The van der Waals surface area contributed by atoms with Crippen LogP contribution in [0.3, 0.4) is 0 Å². The van der Waals surface area contributed by atoms with E-state index in [4.69, 9.17) is 0 Å². The maximum absolute atomic E-state index is 2.85. The number of halogens is 1. The molecule has 134 valence electrons. The van der Waals surface area contributed by atoms with Crippen molar-refractivity contribution in [1.29, 1.82) is 0 Å². The van der Waals surface area contributed by atoms with E-state index in [1.165, 1.54) is 15.9 Å². The molecule has 0 amide bonds. The number of hydrogen-bond acceptors (Lipinski definition) is 0. The first kappa shape index (κ1) is 19.3. The van der Waals surface area contributed by atoms with Gasteiger partial charge in [-0.3, -0.25) is 0 Å². The molecule has 0 aliphatic carbocycles. The van der Waals surface area contributed by atoms with Crippen LogP contribution < -0.4 is 15.9 Å². The van der Waals surface area contributed by atoms with E-state index in [1.807, 2.05) is 0 Å². The first-order valence-corrected chi connectivity index (χ1v) is 14.5. The third-order valence-electron chi connectivity index (χ3n) is 5.00. The Balaban J connectivity index is 2.29. The van der Waals surface area contributed by atoms with Crippen molar-refractivity contribution < 1.29 is 0 Å². The van der Waals surface area contributed by atoms with E-state index < -0.39 is 4.25 Å². The Kier molecular flexibility index (Phi) is 6.32. The summed E-state index contributed by atoms with van der Waals surface area (Å²) in [7, 11) is 0.